The van der Waals surface area contributed by atoms with E-state index >= 15 is 0 Å². The van der Waals surface area contributed by atoms with Gasteiger partial charge in [-0.05, 0) is 5.56 Å². The lowest BCUT2D eigenvalue weighted by Crippen LogP contribution is -2.39. The first kappa shape index (κ1) is 12.9. The van der Waals surface area contributed by atoms with Crippen molar-refractivity contribution in [3.8, 4) is 0 Å². The van der Waals surface area contributed by atoms with E-state index in [4.69, 9.17) is 5.73 Å². The molecule has 0 spiro atoms. The van der Waals surface area contributed by atoms with E-state index in [0.717, 1.165) is 5.56 Å². The molecule has 0 unspecified atom stereocenters. The first-order valence-corrected chi connectivity index (χ1v) is 5.18. The maximum Gasteiger partial charge on any atom is 0.225 e. The monoisotopic (exact) mass is 234 g/mol. The van der Waals surface area contributed by atoms with Gasteiger partial charge in [0.15, 0.2) is 0 Å². The van der Waals surface area contributed by atoms with Gasteiger partial charge < -0.3 is 15.8 Å². The molecular formula is C12H14N2O3. The highest BCUT2D eigenvalue weighted by Gasteiger charge is 2.13. The van der Waals surface area contributed by atoms with E-state index in [9.17, 15) is 14.4 Å². The standard InChI is InChI=1S/C12H14N2O3/c13-11(16)7-10(8-15)14-12(17)6-9-4-2-1-3-5-9/h1-5,8,10H,6-7H2,(H2,13,16)(H,14,17)/t10-/m1/s1. The quantitative estimate of drug-likeness (QED) is 0.667. The number of carbonyl (C=O) groups is 3. The molecule has 0 heterocycles. The van der Waals surface area contributed by atoms with Gasteiger partial charge >= 0.3 is 0 Å². The minimum atomic E-state index is -0.844. The van der Waals surface area contributed by atoms with Crippen LogP contribution in [0.1, 0.15) is 12.0 Å². The summed E-state index contributed by atoms with van der Waals surface area (Å²) >= 11 is 0. The summed E-state index contributed by atoms with van der Waals surface area (Å²) in [6.45, 7) is 0. The number of primary amides is 1. The van der Waals surface area contributed by atoms with Crippen LogP contribution in [0.5, 0.6) is 0 Å². The number of nitrogens with one attached hydrogen (secondary N) is 1. The lowest BCUT2D eigenvalue weighted by atomic mass is 10.1. The highest BCUT2D eigenvalue weighted by molar-refractivity contribution is 5.85. The molecule has 1 aromatic rings. The summed E-state index contributed by atoms with van der Waals surface area (Å²) in [5.41, 5.74) is 5.79. The zero-order chi connectivity index (χ0) is 12.7. The Morgan fingerprint density at radius 2 is 1.94 bits per heavy atom. The maximum absolute atomic E-state index is 11.5. The third kappa shape index (κ3) is 4.92. The SMILES string of the molecule is NC(=O)C[C@H](C=O)NC(=O)Cc1ccccc1. The van der Waals surface area contributed by atoms with E-state index in [1.54, 1.807) is 0 Å². The van der Waals surface area contributed by atoms with E-state index in [-0.39, 0.29) is 18.7 Å². The van der Waals surface area contributed by atoms with Crippen LogP contribution in [0.3, 0.4) is 0 Å². The van der Waals surface area contributed by atoms with Crippen molar-refractivity contribution in [2.24, 2.45) is 5.73 Å². The summed E-state index contributed by atoms with van der Waals surface area (Å²) in [6, 6.07) is 8.27. The van der Waals surface area contributed by atoms with Crippen LogP contribution in [0.15, 0.2) is 30.3 Å². The molecule has 5 nitrogen and oxygen atoms in total. The molecule has 17 heavy (non-hydrogen) atoms. The molecule has 0 aliphatic heterocycles. The van der Waals surface area contributed by atoms with Crippen molar-refractivity contribution in [2.45, 2.75) is 18.9 Å². The Morgan fingerprint density at radius 3 is 2.47 bits per heavy atom. The minimum Gasteiger partial charge on any atom is -0.370 e. The lowest BCUT2D eigenvalue weighted by molar-refractivity contribution is -0.125. The highest BCUT2D eigenvalue weighted by Crippen LogP contribution is 1.99. The van der Waals surface area contributed by atoms with Crippen molar-refractivity contribution >= 4 is 18.1 Å². The van der Waals surface area contributed by atoms with Gasteiger partial charge in [-0.2, -0.15) is 0 Å². The minimum absolute atomic E-state index is 0.171. The van der Waals surface area contributed by atoms with Crippen LogP contribution in [-0.4, -0.2) is 24.1 Å². The third-order valence-corrected chi connectivity index (χ3v) is 2.14. The summed E-state index contributed by atoms with van der Waals surface area (Å²) in [5, 5.41) is 2.44. The fraction of sp³-hybridized carbons (Fsp3) is 0.250. The van der Waals surface area contributed by atoms with Crippen LogP contribution in [0.4, 0.5) is 0 Å². The Kier molecular flexibility index (Phi) is 4.87. The number of rotatable bonds is 6. The summed E-state index contributed by atoms with van der Waals surface area (Å²) in [4.78, 5) is 32.8. The molecule has 90 valence electrons. The largest absolute Gasteiger partial charge is 0.370 e. The molecule has 5 heteroatoms. The smallest absolute Gasteiger partial charge is 0.225 e. The Bertz CT molecular complexity index is 403. The van der Waals surface area contributed by atoms with Crippen molar-refractivity contribution in [2.75, 3.05) is 0 Å². The first-order valence-electron chi connectivity index (χ1n) is 5.18. The molecule has 1 atom stereocenters. The number of amides is 2. The fourth-order valence-corrected chi connectivity index (χ4v) is 1.39. The summed E-state index contributed by atoms with van der Waals surface area (Å²) in [6.07, 6.45) is 0.502. The molecule has 0 aliphatic carbocycles. The van der Waals surface area contributed by atoms with Crippen molar-refractivity contribution in [3.63, 3.8) is 0 Å². The molecule has 0 radical (unpaired) electrons. The fourth-order valence-electron chi connectivity index (χ4n) is 1.39. The van der Waals surface area contributed by atoms with Gasteiger partial charge in [0.25, 0.3) is 0 Å². The molecule has 0 aliphatic rings. The zero-order valence-electron chi connectivity index (χ0n) is 9.26. The van der Waals surface area contributed by atoms with E-state index in [1.807, 2.05) is 30.3 Å². The normalized spacial score (nSPS) is 11.5. The number of hydrogen-bond acceptors (Lipinski definition) is 3. The number of benzene rings is 1. The predicted molar refractivity (Wildman–Crippen MR) is 62.0 cm³/mol. The van der Waals surface area contributed by atoms with Crippen molar-refractivity contribution < 1.29 is 14.4 Å². The Labute approximate surface area is 99.0 Å². The first-order chi connectivity index (χ1) is 8.11. The van der Waals surface area contributed by atoms with Crippen LogP contribution < -0.4 is 11.1 Å². The number of aldehydes is 1. The van der Waals surface area contributed by atoms with Crippen molar-refractivity contribution in [1.82, 2.24) is 5.32 Å². The van der Waals surface area contributed by atoms with Gasteiger partial charge in [-0.3, -0.25) is 9.59 Å². The van der Waals surface area contributed by atoms with Gasteiger partial charge in [0.2, 0.25) is 11.8 Å². The number of nitrogens with two attached hydrogens (primary N) is 1. The molecule has 0 saturated heterocycles. The average Bonchev–Trinajstić information content (AvgIpc) is 2.28. The van der Waals surface area contributed by atoms with E-state index < -0.39 is 11.9 Å². The van der Waals surface area contributed by atoms with Gasteiger partial charge in [0.1, 0.15) is 6.29 Å². The second kappa shape index (κ2) is 6.42. The molecule has 3 N–H and O–H groups in total. The molecule has 1 rings (SSSR count). The van der Waals surface area contributed by atoms with Gasteiger partial charge in [0.05, 0.1) is 18.9 Å². The third-order valence-electron chi connectivity index (χ3n) is 2.14. The molecule has 0 aromatic heterocycles. The molecular weight excluding hydrogens is 220 g/mol. The second-order valence-electron chi connectivity index (χ2n) is 3.64. The lowest BCUT2D eigenvalue weighted by Gasteiger charge is -2.10. The molecule has 2 amide bonds. The Hall–Kier alpha value is -2.17. The topological polar surface area (TPSA) is 89.3 Å². The summed E-state index contributed by atoms with van der Waals surface area (Å²) in [5.74, 6) is -0.934. The predicted octanol–water partition coefficient (Wildman–Crippen LogP) is -0.212. The van der Waals surface area contributed by atoms with Crippen LogP contribution >= 0.6 is 0 Å². The maximum atomic E-state index is 11.5. The van der Waals surface area contributed by atoms with Crippen LogP contribution in [-0.2, 0) is 20.8 Å². The van der Waals surface area contributed by atoms with Crippen LogP contribution in [0.2, 0.25) is 0 Å². The second-order valence-corrected chi connectivity index (χ2v) is 3.64. The Balaban J connectivity index is 2.48. The molecule has 1 aromatic carbocycles. The highest BCUT2D eigenvalue weighted by atomic mass is 16.2. The zero-order valence-corrected chi connectivity index (χ0v) is 9.26. The van der Waals surface area contributed by atoms with Gasteiger partial charge in [-0.25, -0.2) is 0 Å². The van der Waals surface area contributed by atoms with E-state index in [0.29, 0.717) is 6.29 Å². The van der Waals surface area contributed by atoms with Crippen molar-refractivity contribution in [3.05, 3.63) is 35.9 Å². The van der Waals surface area contributed by atoms with Gasteiger partial charge in [-0.1, -0.05) is 30.3 Å². The molecule has 0 fully saturated rings. The summed E-state index contributed by atoms with van der Waals surface area (Å²) < 4.78 is 0. The van der Waals surface area contributed by atoms with Gasteiger partial charge in [-0.15, -0.1) is 0 Å². The van der Waals surface area contributed by atoms with Crippen molar-refractivity contribution in [1.29, 1.82) is 0 Å². The molecule has 0 saturated carbocycles. The Morgan fingerprint density at radius 1 is 1.29 bits per heavy atom. The number of carbonyl (C=O) groups excluding carboxylic acids is 3. The van der Waals surface area contributed by atoms with E-state index in [1.165, 1.54) is 0 Å². The van der Waals surface area contributed by atoms with Crippen LogP contribution in [0.25, 0.3) is 0 Å². The molecule has 0 bridgehead atoms. The van der Waals surface area contributed by atoms with Gasteiger partial charge in [0, 0.05) is 0 Å². The summed E-state index contributed by atoms with van der Waals surface area (Å²) in [7, 11) is 0. The average molecular weight is 234 g/mol. The number of hydrogen-bond donors (Lipinski definition) is 2. The van der Waals surface area contributed by atoms with E-state index in [2.05, 4.69) is 5.32 Å². The van der Waals surface area contributed by atoms with Crippen LogP contribution in [0, 0.1) is 0 Å².